The van der Waals surface area contributed by atoms with Crippen molar-refractivity contribution < 1.29 is 0 Å². The summed E-state index contributed by atoms with van der Waals surface area (Å²) >= 11 is 7.66. The molecule has 3 N–H and O–H groups in total. The zero-order chi connectivity index (χ0) is 12.8. The third-order valence-electron chi connectivity index (χ3n) is 3.87. The molecular weight excluding hydrogens is 357 g/mol. The number of thiocarbonyl (C=S) groups is 1. The third kappa shape index (κ3) is 1.98. The van der Waals surface area contributed by atoms with Gasteiger partial charge in [-0.05, 0) is 47.1 Å². The highest BCUT2D eigenvalue weighted by molar-refractivity contribution is 14.1. The summed E-state index contributed by atoms with van der Waals surface area (Å²) in [6, 6.07) is 2.91. The number of aromatic nitrogens is 1. The predicted molar refractivity (Wildman–Crippen MR) is 84.5 cm³/mol. The summed E-state index contributed by atoms with van der Waals surface area (Å²) in [4.78, 5) is 4.88. The topological polar surface area (TPSA) is 50.9 Å². The quantitative estimate of drug-likeness (QED) is 0.474. The Bertz CT molecular complexity index is 515. The van der Waals surface area contributed by atoms with Crippen LogP contribution in [-0.4, -0.2) is 22.1 Å². The molecule has 2 bridgehead atoms. The van der Waals surface area contributed by atoms with Gasteiger partial charge in [0.2, 0.25) is 0 Å². The predicted octanol–water partition coefficient (Wildman–Crippen LogP) is 1.90. The van der Waals surface area contributed by atoms with E-state index in [1.165, 1.54) is 0 Å². The van der Waals surface area contributed by atoms with Crippen LogP contribution in [0.25, 0.3) is 0 Å². The Morgan fingerprint density at radius 2 is 2.06 bits per heavy atom. The van der Waals surface area contributed by atoms with Gasteiger partial charge in [-0.15, -0.1) is 0 Å². The van der Waals surface area contributed by atoms with Crippen molar-refractivity contribution in [2.24, 2.45) is 5.73 Å². The second-order valence-corrected chi connectivity index (χ2v) is 6.70. The summed E-state index contributed by atoms with van der Waals surface area (Å²) in [6.45, 7) is 0. The van der Waals surface area contributed by atoms with Gasteiger partial charge in [-0.1, -0.05) is 24.4 Å². The van der Waals surface area contributed by atoms with Gasteiger partial charge >= 0.3 is 0 Å². The molecule has 0 aromatic carbocycles. The monoisotopic (exact) mass is 371 g/mol. The fourth-order valence-corrected chi connectivity index (χ4v) is 3.78. The van der Waals surface area contributed by atoms with Gasteiger partial charge in [-0.2, -0.15) is 0 Å². The zero-order valence-electron chi connectivity index (χ0n) is 9.77. The van der Waals surface area contributed by atoms with E-state index in [9.17, 15) is 0 Å². The minimum Gasteiger partial charge on any atom is -0.393 e. The molecule has 3 atom stereocenters. The lowest BCUT2D eigenvalue weighted by Crippen LogP contribution is -2.53. The van der Waals surface area contributed by atoms with Gasteiger partial charge < -0.3 is 11.1 Å². The van der Waals surface area contributed by atoms with Crippen LogP contribution in [0.15, 0.2) is 30.6 Å². The highest BCUT2D eigenvalue weighted by atomic mass is 127. The molecule has 94 valence electrons. The molecule has 2 aliphatic heterocycles. The SMILES string of the molecule is NC(=S)[C@@]1(c2cncc(I)c2)C[C@H]2C=C[C@@H](C1)N2. The summed E-state index contributed by atoms with van der Waals surface area (Å²) in [5, 5.41) is 3.54. The number of hydrogen-bond acceptors (Lipinski definition) is 3. The molecular formula is C13H14IN3S. The van der Waals surface area contributed by atoms with Gasteiger partial charge in [0.05, 0.1) is 10.4 Å². The lowest BCUT2D eigenvalue weighted by atomic mass is 9.70. The maximum atomic E-state index is 6.08. The lowest BCUT2D eigenvalue weighted by molar-refractivity contribution is 0.331. The van der Waals surface area contributed by atoms with Crippen LogP contribution < -0.4 is 11.1 Å². The van der Waals surface area contributed by atoms with Crippen molar-refractivity contribution in [1.29, 1.82) is 0 Å². The first-order valence-corrected chi connectivity index (χ1v) is 7.44. The molecule has 3 heterocycles. The number of hydrogen-bond donors (Lipinski definition) is 2. The number of nitrogens with one attached hydrogen (secondary N) is 1. The van der Waals surface area contributed by atoms with Crippen LogP contribution in [-0.2, 0) is 5.41 Å². The van der Waals surface area contributed by atoms with Crippen molar-refractivity contribution in [2.45, 2.75) is 30.3 Å². The van der Waals surface area contributed by atoms with E-state index in [1.807, 2.05) is 12.4 Å². The zero-order valence-corrected chi connectivity index (χ0v) is 12.7. The molecule has 3 nitrogen and oxygen atoms in total. The van der Waals surface area contributed by atoms with Crippen molar-refractivity contribution in [2.75, 3.05) is 0 Å². The Morgan fingerprint density at radius 3 is 2.61 bits per heavy atom. The molecule has 2 aliphatic rings. The van der Waals surface area contributed by atoms with Gasteiger partial charge in [0.15, 0.2) is 0 Å². The fourth-order valence-electron chi connectivity index (χ4n) is 3.00. The maximum absolute atomic E-state index is 6.08. The molecule has 0 amide bonds. The Kier molecular flexibility index (Phi) is 3.15. The number of piperidine rings is 1. The number of nitrogens with zero attached hydrogens (tertiary/aromatic N) is 1. The number of rotatable bonds is 2. The molecule has 1 fully saturated rings. The first kappa shape index (κ1) is 12.5. The molecule has 0 radical (unpaired) electrons. The molecule has 1 aromatic heterocycles. The molecule has 0 aliphatic carbocycles. The van der Waals surface area contributed by atoms with Crippen molar-refractivity contribution >= 4 is 39.8 Å². The van der Waals surface area contributed by atoms with E-state index in [0.29, 0.717) is 17.1 Å². The van der Waals surface area contributed by atoms with Crippen LogP contribution in [0.1, 0.15) is 18.4 Å². The largest absolute Gasteiger partial charge is 0.393 e. The Morgan fingerprint density at radius 1 is 1.39 bits per heavy atom. The van der Waals surface area contributed by atoms with Crippen molar-refractivity contribution in [3.63, 3.8) is 0 Å². The van der Waals surface area contributed by atoms with Crippen LogP contribution >= 0.6 is 34.8 Å². The maximum Gasteiger partial charge on any atom is 0.0836 e. The average Bonchev–Trinajstić information content (AvgIpc) is 2.68. The number of fused-ring (bicyclic) bond motifs is 2. The van der Waals surface area contributed by atoms with Gasteiger partial charge in [-0.3, -0.25) is 4.98 Å². The summed E-state index contributed by atoms with van der Waals surface area (Å²) in [5.74, 6) is 0. The summed E-state index contributed by atoms with van der Waals surface area (Å²) in [5.41, 5.74) is 7.02. The first-order chi connectivity index (χ1) is 8.60. The molecule has 0 saturated carbocycles. The van der Waals surface area contributed by atoms with Gasteiger partial charge in [0, 0.05) is 28.0 Å². The molecule has 18 heavy (non-hydrogen) atoms. The second kappa shape index (κ2) is 4.54. The second-order valence-electron chi connectivity index (χ2n) is 5.01. The average molecular weight is 371 g/mol. The number of halogens is 1. The van der Waals surface area contributed by atoms with E-state index < -0.39 is 0 Å². The van der Waals surface area contributed by atoms with E-state index in [4.69, 9.17) is 18.0 Å². The minimum atomic E-state index is -0.215. The van der Waals surface area contributed by atoms with Gasteiger partial charge in [0.1, 0.15) is 0 Å². The van der Waals surface area contributed by atoms with Crippen LogP contribution in [0.2, 0.25) is 0 Å². The van der Waals surface area contributed by atoms with E-state index in [2.05, 4.69) is 51.1 Å². The third-order valence-corrected chi connectivity index (χ3v) is 4.85. The Balaban J connectivity index is 2.05. The molecule has 1 saturated heterocycles. The van der Waals surface area contributed by atoms with E-state index in [0.717, 1.165) is 22.0 Å². The molecule has 5 heteroatoms. The van der Waals surface area contributed by atoms with Crippen LogP contribution in [0.4, 0.5) is 0 Å². The number of pyridine rings is 1. The fraction of sp³-hybridized carbons (Fsp3) is 0.385. The normalized spacial score (nSPS) is 33.6. The van der Waals surface area contributed by atoms with Crippen molar-refractivity contribution in [3.8, 4) is 0 Å². The highest BCUT2D eigenvalue weighted by Crippen LogP contribution is 2.40. The summed E-state index contributed by atoms with van der Waals surface area (Å²) in [6.07, 6.45) is 10.1. The highest BCUT2D eigenvalue weighted by Gasteiger charge is 2.45. The van der Waals surface area contributed by atoms with Crippen LogP contribution in [0, 0.1) is 3.57 Å². The standard InChI is InChI=1S/C13H14IN3S/c14-9-3-8(6-16-7-9)13(12(15)18)4-10-1-2-11(5-13)17-10/h1-3,6-7,10-11,17H,4-5H2,(H2,15,18)/t10-,11+,13+. The smallest absolute Gasteiger partial charge is 0.0836 e. The van der Waals surface area contributed by atoms with E-state index in [1.54, 1.807) is 0 Å². The Hall–Kier alpha value is -0.530. The van der Waals surface area contributed by atoms with Gasteiger partial charge in [-0.25, -0.2) is 0 Å². The van der Waals surface area contributed by atoms with Crippen LogP contribution in [0.5, 0.6) is 0 Å². The Labute approximate surface area is 125 Å². The van der Waals surface area contributed by atoms with Crippen molar-refractivity contribution in [1.82, 2.24) is 10.3 Å². The molecule has 1 aromatic rings. The number of nitrogens with two attached hydrogens (primary N) is 1. The molecule has 3 rings (SSSR count). The molecule has 0 unspecified atom stereocenters. The van der Waals surface area contributed by atoms with E-state index >= 15 is 0 Å². The van der Waals surface area contributed by atoms with Gasteiger partial charge in [0.25, 0.3) is 0 Å². The van der Waals surface area contributed by atoms with Crippen LogP contribution in [0.3, 0.4) is 0 Å². The summed E-state index contributed by atoms with van der Waals surface area (Å²) in [7, 11) is 0. The molecule has 0 spiro atoms. The van der Waals surface area contributed by atoms with E-state index in [-0.39, 0.29) is 5.41 Å². The van der Waals surface area contributed by atoms with Crippen molar-refractivity contribution in [3.05, 3.63) is 39.7 Å². The lowest BCUT2D eigenvalue weighted by Gasteiger charge is -2.41. The first-order valence-electron chi connectivity index (χ1n) is 5.95. The minimum absolute atomic E-state index is 0.215. The summed E-state index contributed by atoms with van der Waals surface area (Å²) < 4.78 is 1.12.